The Bertz CT molecular complexity index is 1050. The van der Waals surface area contributed by atoms with Gasteiger partial charge in [0, 0.05) is 5.02 Å². The number of amidine groups is 1. The van der Waals surface area contributed by atoms with Crippen molar-refractivity contribution in [2.24, 2.45) is 10.4 Å². The van der Waals surface area contributed by atoms with Crippen molar-refractivity contribution >= 4 is 34.8 Å². The van der Waals surface area contributed by atoms with Gasteiger partial charge in [0.1, 0.15) is 42.4 Å². The minimum atomic E-state index is -0.556. The van der Waals surface area contributed by atoms with Crippen molar-refractivity contribution in [3.05, 3.63) is 41.9 Å². The van der Waals surface area contributed by atoms with Crippen LogP contribution in [0.4, 0.5) is 0 Å². The number of halogens is 1. The Morgan fingerprint density at radius 3 is 2.58 bits per heavy atom. The number of thiocarbonyl (C=S) groups is 1. The van der Waals surface area contributed by atoms with Crippen LogP contribution in [0.5, 0.6) is 5.75 Å². The molecule has 1 N–H and O–H groups in total. The van der Waals surface area contributed by atoms with Gasteiger partial charge >= 0.3 is 0 Å². The van der Waals surface area contributed by atoms with E-state index < -0.39 is 6.23 Å². The van der Waals surface area contributed by atoms with E-state index in [1.54, 1.807) is 23.1 Å². The standard InChI is InChI=1S/C23H28ClN7OS/c1-22(2,3)18(19(31-15-26-14-27-31)32-17-8-6-16(24)7-9-17)28-20-23(10-4-5-11-23)30(13-12-25)21(33)29-20/h6-9,14-15,18-19H,4-5,10-11,13H2,1-3H3,(H,28,29,33)/t18-,19+/m0/s1. The molecule has 1 aromatic heterocycles. The van der Waals surface area contributed by atoms with Gasteiger partial charge in [0.05, 0.1) is 6.07 Å². The summed E-state index contributed by atoms with van der Waals surface area (Å²) in [5.74, 6) is 1.47. The Kier molecular flexibility index (Phi) is 6.59. The van der Waals surface area contributed by atoms with Crippen molar-refractivity contribution in [3.8, 4) is 11.8 Å². The second-order valence-corrected chi connectivity index (χ2v) is 10.4. The van der Waals surface area contributed by atoms with Gasteiger partial charge in [0.2, 0.25) is 6.23 Å². The summed E-state index contributed by atoms with van der Waals surface area (Å²) in [5, 5.41) is 18.3. The van der Waals surface area contributed by atoms with Gasteiger partial charge in [-0.05, 0) is 54.7 Å². The van der Waals surface area contributed by atoms with E-state index in [4.69, 9.17) is 33.5 Å². The molecule has 1 spiro atoms. The number of aromatic nitrogens is 3. The van der Waals surface area contributed by atoms with E-state index in [2.05, 4.69) is 42.2 Å². The molecule has 174 valence electrons. The molecule has 2 fully saturated rings. The maximum Gasteiger partial charge on any atom is 0.215 e. The van der Waals surface area contributed by atoms with Gasteiger partial charge in [0.15, 0.2) is 5.11 Å². The number of hydrogen-bond donors (Lipinski definition) is 1. The van der Waals surface area contributed by atoms with Crippen molar-refractivity contribution in [2.45, 2.75) is 64.3 Å². The molecule has 2 atom stereocenters. The van der Waals surface area contributed by atoms with Crippen LogP contribution in [0.25, 0.3) is 0 Å². The zero-order valence-corrected chi connectivity index (χ0v) is 20.6. The highest BCUT2D eigenvalue weighted by Crippen LogP contribution is 2.41. The fourth-order valence-corrected chi connectivity index (χ4v) is 5.07. The van der Waals surface area contributed by atoms with Crippen molar-refractivity contribution < 1.29 is 4.74 Å². The number of benzene rings is 1. The number of rotatable bonds is 6. The van der Waals surface area contributed by atoms with E-state index in [0.717, 1.165) is 31.5 Å². The first kappa shape index (κ1) is 23.5. The van der Waals surface area contributed by atoms with Crippen LogP contribution in [0.15, 0.2) is 41.9 Å². The van der Waals surface area contributed by atoms with Gasteiger partial charge in [-0.3, -0.25) is 4.99 Å². The predicted molar refractivity (Wildman–Crippen MR) is 131 cm³/mol. The third-order valence-electron chi connectivity index (χ3n) is 6.28. The monoisotopic (exact) mass is 485 g/mol. The molecule has 1 saturated carbocycles. The Morgan fingerprint density at radius 1 is 1.30 bits per heavy atom. The van der Waals surface area contributed by atoms with Crippen LogP contribution >= 0.6 is 23.8 Å². The summed E-state index contributed by atoms with van der Waals surface area (Å²) in [6.45, 7) is 6.61. The first-order valence-corrected chi connectivity index (χ1v) is 11.8. The Labute approximate surface area is 204 Å². The topological polar surface area (TPSA) is 91.4 Å². The second-order valence-electron chi connectivity index (χ2n) is 9.54. The summed E-state index contributed by atoms with van der Waals surface area (Å²) in [6.07, 6.45) is 6.52. The molecule has 0 radical (unpaired) electrons. The van der Waals surface area contributed by atoms with Gasteiger partial charge in [-0.2, -0.15) is 10.4 Å². The fraction of sp³-hybridized carbons (Fsp3) is 0.522. The second kappa shape index (κ2) is 9.27. The highest BCUT2D eigenvalue weighted by molar-refractivity contribution is 7.80. The minimum Gasteiger partial charge on any atom is -0.466 e. The van der Waals surface area contributed by atoms with Crippen molar-refractivity contribution in [1.29, 1.82) is 5.26 Å². The number of nitrogens with zero attached hydrogens (tertiary/aromatic N) is 6. The van der Waals surface area contributed by atoms with E-state index in [0.29, 0.717) is 15.9 Å². The molecule has 2 aromatic rings. The molecule has 0 amide bonds. The third-order valence-corrected chi connectivity index (χ3v) is 6.86. The zero-order chi connectivity index (χ0) is 23.6. The van der Waals surface area contributed by atoms with Gasteiger partial charge in [0.25, 0.3) is 0 Å². The molecule has 0 unspecified atom stereocenters. The van der Waals surface area contributed by atoms with Gasteiger partial charge in [-0.1, -0.05) is 45.2 Å². The van der Waals surface area contributed by atoms with Gasteiger partial charge in [-0.25, -0.2) is 9.67 Å². The van der Waals surface area contributed by atoms with E-state index >= 15 is 0 Å². The molecule has 2 aliphatic rings. The molecule has 2 heterocycles. The Hall–Kier alpha value is -2.70. The lowest BCUT2D eigenvalue weighted by Gasteiger charge is -2.37. The van der Waals surface area contributed by atoms with E-state index in [-0.39, 0.29) is 23.5 Å². The summed E-state index contributed by atoms with van der Waals surface area (Å²) in [6, 6.07) is 9.17. The van der Waals surface area contributed by atoms with Crippen LogP contribution in [0.1, 0.15) is 52.7 Å². The Morgan fingerprint density at radius 2 is 2.00 bits per heavy atom. The van der Waals surface area contributed by atoms with E-state index in [1.807, 2.05) is 17.0 Å². The summed E-state index contributed by atoms with van der Waals surface area (Å²) in [5.41, 5.74) is -0.661. The molecule has 8 nitrogen and oxygen atoms in total. The first-order chi connectivity index (χ1) is 15.7. The zero-order valence-electron chi connectivity index (χ0n) is 19.0. The van der Waals surface area contributed by atoms with E-state index in [9.17, 15) is 5.26 Å². The predicted octanol–water partition coefficient (Wildman–Crippen LogP) is 4.35. The molecule has 1 aromatic carbocycles. The minimum absolute atomic E-state index is 0.235. The van der Waals surface area contributed by atoms with E-state index in [1.165, 1.54) is 6.33 Å². The smallest absolute Gasteiger partial charge is 0.215 e. The molecule has 1 saturated heterocycles. The van der Waals surface area contributed by atoms with Crippen LogP contribution < -0.4 is 10.1 Å². The molecule has 33 heavy (non-hydrogen) atoms. The highest BCUT2D eigenvalue weighted by atomic mass is 35.5. The molecule has 10 heteroatoms. The average molecular weight is 486 g/mol. The number of ether oxygens (including phenoxy) is 1. The summed E-state index contributed by atoms with van der Waals surface area (Å²) in [4.78, 5) is 11.4. The molecular weight excluding hydrogens is 458 g/mol. The summed E-state index contributed by atoms with van der Waals surface area (Å²) < 4.78 is 8.12. The quantitative estimate of drug-likeness (QED) is 0.480. The lowest BCUT2D eigenvalue weighted by Crippen LogP contribution is -2.49. The molecule has 1 aliphatic carbocycles. The van der Waals surface area contributed by atoms with Crippen molar-refractivity contribution in [2.75, 3.05) is 6.54 Å². The Balaban J connectivity index is 1.77. The van der Waals surface area contributed by atoms with Crippen LogP contribution in [0.3, 0.4) is 0 Å². The van der Waals surface area contributed by atoms with Gasteiger partial charge in [-0.15, -0.1) is 0 Å². The van der Waals surface area contributed by atoms with Gasteiger partial charge < -0.3 is 15.0 Å². The fourth-order valence-electron chi connectivity index (χ4n) is 4.61. The normalized spacial score (nSPS) is 20.6. The molecule has 1 aliphatic heterocycles. The van der Waals surface area contributed by atoms with Crippen molar-refractivity contribution in [1.82, 2.24) is 25.0 Å². The molecular formula is C23H28ClN7OS. The van der Waals surface area contributed by atoms with Crippen LogP contribution in [0.2, 0.25) is 5.02 Å². The van der Waals surface area contributed by atoms with Crippen LogP contribution in [-0.2, 0) is 0 Å². The van der Waals surface area contributed by atoms with Crippen LogP contribution in [-0.4, -0.2) is 48.7 Å². The highest BCUT2D eigenvalue weighted by Gasteiger charge is 2.51. The summed E-state index contributed by atoms with van der Waals surface area (Å²) >= 11 is 11.7. The summed E-state index contributed by atoms with van der Waals surface area (Å²) in [7, 11) is 0. The third kappa shape index (κ3) is 4.68. The largest absolute Gasteiger partial charge is 0.466 e. The average Bonchev–Trinajstić information content (AvgIpc) is 3.51. The van der Waals surface area contributed by atoms with Crippen LogP contribution in [0, 0.1) is 16.7 Å². The maximum atomic E-state index is 9.42. The molecule has 0 bridgehead atoms. The lowest BCUT2D eigenvalue weighted by atomic mass is 9.85. The number of hydrogen-bond acceptors (Lipinski definition) is 6. The lowest BCUT2D eigenvalue weighted by molar-refractivity contribution is 0.0467. The SMILES string of the molecule is CC(C)(C)[C@@H](N=C1NC(=S)N(CC#N)C12CCCC2)[C@@H](Oc1ccc(Cl)cc1)n1cncn1. The maximum absolute atomic E-state index is 9.42. The first-order valence-electron chi connectivity index (χ1n) is 11.0. The number of aliphatic imine (C=N–C) groups is 1. The number of nitriles is 1. The molecule has 4 rings (SSSR count). The number of nitrogens with one attached hydrogen (secondary N) is 1. The van der Waals surface area contributed by atoms with Crippen molar-refractivity contribution in [3.63, 3.8) is 0 Å².